The van der Waals surface area contributed by atoms with Crippen LogP contribution in [0.3, 0.4) is 0 Å². The van der Waals surface area contributed by atoms with Crippen molar-refractivity contribution in [3.63, 3.8) is 0 Å². The maximum absolute atomic E-state index is 3.62. The monoisotopic (exact) mass is 240 g/mol. The minimum atomic E-state index is 0.682. The minimum absolute atomic E-state index is 0.682. The first-order valence-corrected chi connectivity index (χ1v) is 7.51. The highest BCUT2D eigenvalue weighted by Gasteiger charge is 2.28. The van der Waals surface area contributed by atoms with E-state index in [2.05, 4.69) is 44.8 Å². The first kappa shape index (κ1) is 15.0. The smallest absolute Gasteiger partial charge is 0.0220 e. The van der Waals surface area contributed by atoms with E-state index in [1.807, 2.05) is 0 Å². The van der Waals surface area contributed by atoms with Crippen molar-refractivity contribution in [2.24, 2.45) is 11.8 Å². The molecule has 0 amide bonds. The van der Waals surface area contributed by atoms with Gasteiger partial charge in [0.1, 0.15) is 0 Å². The van der Waals surface area contributed by atoms with Crippen molar-refractivity contribution >= 4 is 0 Å². The molecule has 0 spiro atoms. The van der Waals surface area contributed by atoms with Crippen molar-refractivity contribution in [2.75, 3.05) is 19.6 Å². The Kier molecular flexibility index (Phi) is 6.50. The highest BCUT2D eigenvalue weighted by atomic mass is 15.2. The molecule has 0 radical (unpaired) electrons. The quantitative estimate of drug-likeness (QED) is 0.666. The highest BCUT2D eigenvalue weighted by Crippen LogP contribution is 2.31. The molecule has 102 valence electrons. The molecule has 1 fully saturated rings. The summed E-state index contributed by atoms with van der Waals surface area (Å²) in [5.41, 5.74) is 0. The first-order chi connectivity index (χ1) is 8.04. The summed E-state index contributed by atoms with van der Waals surface area (Å²) in [4.78, 5) is 2.71. The van der Waals surface area contributed by atoms with Gasteiger partial charge in [-0.25, -0.2) is 0 Å². The Morgan fingerprint density at radius 3 is 2.18 bits per heavy atom. The van der Waals surface area contributed by atoms with E-state index in [-0.39, 0.29) is 0 Å². The van der Waals surface area contributed by atoms with Crippen LogP contribution in [0.15, 0.2) is 0 Å². The summed E-state index contributed by atoms with van der Waals surface area (Å²) >= 11 is 0. The molecule has 1 aliphatic rings. The molecule has 0 heterocycles. The lowest BCUT2D eigenvalue weighted by atomic mass is 10.1. The van der Waals surface area contributed by atoms with Gasteiger partial charge in [0.25, 0.3) is 0 Å². The van der Waals surface area contributed by atoms with E-state index in [9.17, 15) is 0 Å². The van der Waals surface area contributed by atoms with E-state index in [0.717, 1.165) is 24.9 Å². The number of hydrogen-bond donors (Lipinski definition) is 1. The molecule has 1 aliphatic carbocycles. The lowest BCUT2D eigenvalue weighted by Gasteiger charge is -2.35. The maximum atomic E-state index is 3.62. The molecule has 0 bridgehead atoms. The van der Waals surface area contributed by atoms with Crippen LogP contribution in [-0.4, -0.2) is 36.6 Å². The Balaban J connectivity index is 2.36. The molecule has 17 heavy (non-hydrogen) atoms. The van der Waals surface area contributed by atoms with E-state index < -0.39 is 0 Å². The van der Waals surface area contributed by atoms with Crippen molar-refractivity contribution in [3.8, 4) is 0 Å². The molecule has 1 rings (SSSR count). The van der Waals surface area contributed by atoms with Crippen molar-refractivity contribution in [1.29, 1.82) is 0 Å². The number of hydrogen-bond acceptors (Lipinski definition) is 2. The fraction of sp³-hybridized carbons (Fsp3) is 1.00. The molecule has 0 aromatic heterocycles. The zero-order valence-corrected chi connectivity index (χ0v) is 12.5. The Hall–Kier alpha value is -0.0800. The van der Waals surface area contributed by atoms with Gasteiger partial charge in [-0.2, -0.15) is 0 Å². The van der Waals surface area contributed by atoms with Gasteiger partial charge in [0.05, 0.1) is 0 Å². The minimum Gasteiger partial charge on any atom is -0.315 e. The predicted molar refractivity (Wildman–Crippen MR) is 76.4 cm³/mol. The van der Waals surface area contributed by atoms with E-state index in [4.69, 9.17) is 0 Å². The SMILES string of the molecule is CCC(CNCC(C)C)N(CC1CC1)C(C)C. The second kappa shape index (κ2) is 7.38. The molecule has 0 aromatic rings. The van der Waals surface area contributed by atoms with Gasteiger partial charge in [-0.05, 0) is 51.5 Å². The van der Waals surface area contributed by atoms with Crippen LogP contribution >= 0.6 is 0 Å². The Morgan fingerprint density at radius 1 is 1.12 bits per heavy atom. The van der Waals surface area contributed by atoms with Gasteiger partial charge in [-0.15, -0.1) is 0 Å². The van der Waals surface area contributed by atoms with E-state index in [1.165, 1.54) is 25.8 Å². The van der Waals surface area contributed by atoms with Gasteiger partial charge in [-0.1, -0.05) is 20.8 Å². The van der Waals surface area contributed by atoms with Crippen molar-refractivity contribution in [1.82, 2.24) is 10.2 Å². The summed E-state index contributed by atoms with van der Waals surface area (Å²) in [6.45, 7) is 15.2. The van der Waals surface area contributed by atoms with Gasteiger partial charge in [0.2, 0.25) is 0 Å². The lowest BCUT2D eigenvalue weighted by Crippen LogP contribution is -2.47. The van der Waals surface area contributed by atoms with Crippen LogP contribution in [0, 0.1) is 11.8 Å². The molecule has 0 aromatic carbocycles. The Bertz CT molecular complexity index is 197. The van der Waals surface area contributed by atoms with Gasteiger partial charge in [-0.3, -0.25) is 4.90 Å². The molecule has 2 nitrogen and oxygen atoms in total. The van der Waals surface area contributed by atoms with Crippen LogP contribution in [-0.2, 0) is 0 Å². The van der Waals surface area contributed by atoms with Crippen LogP contribution in [0.25, 0.3) is 0 Å². The molecule has 0 saturated heterocycles. The number of nitrogens with zero attached hydrogens (tertiary/aromatic N) is 1. The second-order valence-corrected chi connectivity index (χ2v) is 6.35. The van der Waals surface area contributed by atoms with Gasteiger partial charge < -0.3 is 5.32 Å². The van der Waals surface area contributed by atoms with E-state index in [1.54, 1.807) is 0 Å². The van der Waals surface area contributed by atoms with Crippen molar-refractivity contribution < 1.29 is 0 Å². The molecular formula is C15H32N2. The maximum Gasteiger partial charge on any atom is 0.0220 e. The van der Waals surface area contributed by atoms with Crippen LogP contribution in [0.4, 0.5) is 0 Å². The topological polar surface area (TPSA) is 15.3 Å². The molecule has 0 aliphatic heterocycles. The summed E-state index contributed by atoms with van der Waals surface area (Å²) in [7, 11) is 0. The third-order valence-electron chi connectivity index (χ3n) is 3.70. The zero-order chi connectivity index (χ0) is 12.8. The van der Waals surface area contributed by atoms with Crippen molar-refractivity contribution in [3.05, 3.63) is 0 Å². The Labute approximate surface area is 108 Å². The fourth-order valence-corrected chi connectivity index (χ4v) is 2.41. The zero-order valence-electron chi connectivity index (χ0n) is 12.5. The highest BCUT2D eigenvalue weighted by molar-refractivity contribution is 4.83. The standard InChI is InChI=1S/C15H32N2/c1-6-15(10-16-9-12(2)3)17(13(4)5)11-14-7-8-14/h12-16H,6-11H2,1-5H3. The number of nitrogens with one attached hydrogen (secondary N) is 1. The normalized spacial score (nSPS) is 18.4. The molecule has 1 unspecified atom stereocenters. The van der Waals surface area contributed by atoms with Crippen LogP contribution in [0.1, 0.15) is 53.9 Å². The predicted octanol–water partition coefficient (Wildman–Crippen LogP) is 3.13. The third kappa shape index (κ3) is 5.87. The third-order valence-corrected chi connectivity index (χ3v) is 3.70. The van der Waals surface area contributed by atoms with Gasteiger partial charge in [0, 0.05) is 25.2 Å². The average molecular weight is 240 g/mol. The van der Waals surface area contributed by atoms with E-state index >= 15 is 0 Å². The fourth-order valence-electron chi connectivity index (χ4n) is 2.41. The van der Waals surface area contributed by atoms with Gasteiger partial charge >= 0.3 is 0 Å². The second-order valence-electron chi connectivity index (χ2n) is 6.35. The summed E-state index contributed by atoms with van der Waals surface area (Å²) in [6, 6.07) is 1.40. The average Bonchev–Trinajstić information content (AvgIpc) is 3.05. The molecule has 1 N–H and O–H groups in total. The summed E-state index contributed by atoms with van der Waals surface area (Å²) in [5.74, 6) is 1.75. The summed E-state index contributed by atoms with van der Waals surface area (Å²) < 4.78 is 0. The first-order valence-electron chi connectivity index (χ1n) is 7.51. The largest absolute Gasteiger partial charge is 0.315 e. The molecule has 1 saturated carbocycles. The molecule has 2 heteroatoms. The van der Waals surface area contributed by atoms with Crippen LogP contribution < -0.4 is 5.32 Å². The number of rotatable bonds is 9. The molecular weight excluding hydrogens is 208 g/mol. The summed E-state index contributed by atoms with van der Waals surface area (Å²) in [5, 5.41) is 3.62. The molecule has 1 atom stereocenters. The van der Waals surface area contributed by atoms with Crippen molar-refractivity contribution in [2.45, 2.75) is 66.0 Å². The lowest BCUT2D eigenvalue weighted by molar-refractivity contribution is 0.138. The van der Waals surface area contributed by atoms with E-state index in [0.29, 0.717) is 12.1 Å². The van der Waals surface area contributed by atoms with Crippen LogP contribution in [0.5, 0.6) is 0 Å². The van der Waals surface area contributed by atoms with Gasteiger partial charge in [0.15, 0.2) is 0 Å². The van der Waals surface area contributed by atoms with Crippen LogP contribution in [0.2, 0.25) is 0 Å². The summed E-state index contributed by atoms with van der Waals surface area (Å²) in [6.07, 6.45) is 4.17. The Morgan fingerprint density at radius 2 is 1.76 bits per heavy atom.